The zero-order valence-electron chi connectivity index (χ0n) is 13.3. The van der Waals surface area contributed by atoms with Crippen molar-refractivity contribution in [3.05, 3.63) is 75.4 Å². The number of esters is 2. The number of rotatable bonds is 6. The van der Waals surface area contributed by atoms with Gasteiger partial charge in [-0.25, -0.2) is 9.59 Å². The fourth-order valence-electron chi connectivity index (χ4n) is 1.91. The van der Waals surface area contributed by atoms with E-state index in [9.17, 15) is 9.59 Å². The van der Waals surface area contributed by atoms with Crippen molar-refractivity contribution in [2.45, 2.75) is 0 Å². The van der Waals surface area contributed by atoms with Crippen molar-refractivity contribution >= 4 is 45.2 Å². The lowest BCUT2D eigenvalue weighted by Crippen LogP contribution is -2.17. The van der Waals surface area contributed by atoms with Crippen LogP contribution in [0.5, 0.6) is 0 Å². The maximum atomic E-state index is 12.2. The van der Waals surface area contributed by atoms with Crippen LogP contribution in [0.1, 0.15) is 10.4 Å². The van der Waals surface area contributed by atoms with E-state index in [1.165, 1.54) is 7.11 Å². The second-order valence-electron chi connectivity index (χ2n) is 4.83. The summed E-state index contributed by atoms with van der Waals surface area (Å²) in [5.41, 5.74) is 1.28. The number of hydrogen-bond donors (Lipinski definition) is 1. The van der Waals surface area contributed by atoms with Crippen molar-refractivity contribution in [3.63, 3.8) is 0 Å². The van der Waals surface area contributed by atoms with E-state index < -0.39 is 11.9 Å². The van der Waals surface area contributed by atoms with E-state index in [2.05, 4.69) is 26.0 Å². The number of ether oxygens (including phenoxy) is 2. The minimum Gasteiger partial charge on any atom is -0.465 e. The van der Waals surface area contributed by atoms with Gasteiger partial charge in [0.25, 0.3) is 0 Å². The van der Waals surface area contributed by atoms with Crippen molar-refractivity contribution in [1.29, 1.82) is 0 Å². The molecule has 1 N–H and O–H groups in total. The molecule has 2 aromatic rings. The Morgan fingerprint density at radius 3 is 2.36 bits per heavy atom. The minimum absolute atomic E-state index is 0.189. The van der Waals surface area contributed by atoms with Crippen LogP contribution in [0, 0.1) is 0 Å². The van der Waals surface area contributed by atoms with Gasteiger partial charge in [0.1, 0.15) is 11.6 Å². The summed E-state index contributed by atoms with van der Waals surface area (Å²) in [6.45, 7) is -0.219. The van der Waals surface area contributed by atoms with Crippen molar-refractivity contribution in [2.75, 3.05) is 19.0 Å². The van der Waals surface area contributed by atoms with Crippen molar-refractivity contribution in [2.24, 2.45) is 0 Å². The Kier molecular flexibility index (Phi) is 7.03. The summed E-state index contributed by atoms with van der Waals surface area (Å²) < 4.78 is 10.5. The normalized spacial score (nSPS) is 11.3. The maximum Gasteiger partial charge on any atom is 0.351 e. The van der Waals surface area contributed by atoms with Crippen molar-refractivity contribution in [3.8, 4) is 0 Å². The molecule has 0 saturated heterocycles. The third-order valence-electron chi connectivity index (χ3n) is 3.14. The van der Waals surface area contributed by atoms with Gasteiger partial charge in [-0.2, -0.15) is 0 Å². The molecule has 0 atom stereocenters. The highest BCUT2D eigenvalue weighted by atomic mass is 79.9. The van der Waals surface area contributed by atoms with E-state index in [0.29, 0.717) is 15.7 Å². The van der Waals surface area contributed by atoms with Crippen LogP contribution in [0.25, 0.3) is 0 Å². The van der Waals surface area contributed by atoms with Gasteiger partial charge in [-0.1, -0.05) is 41.9 Å². The van der Waals surface area contributed by atoms with Crippen LogP contribution in [0.15, 0.2) is 69.8 Å². The van der Waals surface area contributed by atoms with Gasteiger partial charge in [-0.05, 0) is 40.2 Å². The van der Waals surface area contributed by atoms with E-state index >= 15 is 0 Å². The van der Waals surface area contributed by atoms with E-state index in [-0.39, 0.29) is 17.3 Å². The van der Waals surface area contributed by atoms with Crippen LogP contribution in [0.2, 0.25) is 0 Å². The summed E-state index contributed by atoms with van der Waals surface area (Å²) in [6.07, 6.45) is 0. The number of benzene rings is 2. The first-order valence-corrected chi connectivity index (χ1v) is 8.40. The van der Waals surface area contributed by atoms with Crippen LogP contribution < -0.4 is 5.32 Å². The molecule has 0 aliphatic heterocycles. The average Bonchev–Trinajstić information content (AvgIpc) is 2.64. The standard InChI is InChI=1S/C18H15BrClNO4/c1-24-18(23)16(20)15(21-12-7-3-2-4-8-12)11-25-17(22)13-9-5-6-10-14(13)19/h2-10,21H,11H2,1H3/b16-15-. The van der Waals surface area contributed by atoms with Gasteiger partial charge in [-0.3, -0.25) is 0 Å². The predicted molar refractivity (Wildman–Crippen MR) is 99.4 cm³/mol. The second kappa shape index (κ2) is 9.25. The van der Waals surface area contributed by atoms with Gasteiger partial charge >= 0.3 is 11.9 Å². The van der Waals surface area contributed by atoms with Crippen LogP contribution in [0.3, 0.4) is 0 Å². The molecule has 0 aromatic heterocycles. The third-order valence-corrected chi connectivity index (χ3v) is 4.21. The second-order valence-corrected chi connectivity index (χ2v) is 6.06. The van der Waals surface area contributed by atoms with Gasteiger partial charge in [-0.15, -0.1) is 0 Å². The molecule has 2 aromatic carbocycles. The molecule has 130 valence electrons. The number of anilines is 1. The highest BCUT2D eigenvalue weighted by Crippen LogP contribution is 2.19. The first-order chi connectivity index (χ1) is 12.0. The largest absolute Gasteiger partial charge is 0.465 e. The number of hydrogen-bond acceptors (Lipinski definition) is 5. The number of para-hydroxylation sites is 1. The molecule has 0 bridgehead atoms. The van der Waals surface area contributed by atoms with Gasteiger partial charge in [0.2, 0.25) is 0 Å². The summed E-state index contributed by atoms with van der Waals surface area (Å²) in [5, 5.41) is 2.78. The lowest BCUT2D eigenvalue weighted by Gasteiger charge is -2.14. The number of carbonyl (C=O) groups is 2. The van der Waals surface area contributed by atoms with Crippen molar-refractivity contribution < 1.29 is 19.1 Å². The molecule has 5 nitrogen and oxygen atoms in total. The molecule has 7 heteroatoms. The predicted octanol–water partition coefficient (Wildman–Crippen LogP) is 4.34. The van der Waals surface area contributed by atoms with E-state index in [1.807, 2.05) is 18.2 Å². The third kappa shape index (κ3) is 5.34. The zero-order chi connectivity index (χ0) is 18.2. The van der Waals surface area contributed by atoms with Crippen LogP contribution in [0.4, 0.5) is 5.69 Å². The Labute approximate surface area is 158 Å². The number of carbonyl (C=O) groups excluding carboxylic acids is 2. The van der Waals surface area contributed by atoms with E-state index in [4.69, 9.17) is 16.3 Å². The summed E-state index contributed by atoms with van der Waals surface area (Å²) in [5.74, 6) is -1.27. The molecule has 0 heterocycles. The highest BCUT2D eigenvalue weighted by Gasteiger charge is 2.17. The molecule has 0 aliphatic rings. The van der Waals surface area contributed by atoms with Gasteiger partial charge in [0.15, 0.2) is 0 Å². The van der Waals surface area contributed by atoms with Gasteiger partial charge in [0, 0.05) is 10.2 Å². The smallest absolute Gasteiger partial charge is 0.351 e. The molecular formula is C18H15BrClNO4. The van der Waals surface area contributed by atoms with E-state index in [0.717, 1.165) is 0 Å². The van der Waals surface area contributed by atoms with Crippen LogP contribution in [-0.2, 0) is 14.3 Å². The molecule has 25 heavy (non-hydrogen) atoms. The molecule has 0 aliphatic carbocycles. The average molecular weight is 425 g/mol. The Bertz CT molecular complexity index is 793. The molecule has 0 spiro atoms. The fraction of sp³-hybridized carbons (Fsp3) is 0.111. The quantitative estimate of drug-likeness (QED) is 0.552. The van der Waals surface area contributed by atoms with Crippen LogP contribution in [-0.4, -0.2) is 25.7 Å². The van der Waals surface area contributed by atoms with Crippen LogP contribution >= 0.6 is 27.5 Å². The highest BCUT2D eigenvalue weighted by molar-refractivity contribution is 9.10. The monoisotopic (exact) mass is 423 g/mol. The summed E-state index contributed by atoms with van der Waals surface area (Å²) in [7, 11) is 1.22. The number of halogens is 2. The molecule has 0 amide bonds. The summed E-state index contributed by atoms with van der Waals surface area (Å²) >= 11 is 9.34. The number of nitrogens with one attached hydrogen (secondary N) is 1. The Morgan fingerprint density at radius 1 is 1.08 bits per heavy atom. The van der Waals surface area contributed by atoms with Crippen molar-refractivity contribution in [1.82, 2.24) is 0 Å². The number of methoxy groups -OCH3 is 1. The lowest BCUT2D eigenvalue weighted by molar-refractivity contribution is -0.135. The first kappa shape index (κ1) is 19.0. The zero-order valence-corrected chi connectivity index (χ0v) is 15.6. The molecule has 0 unspecified atom stereocenters. The SMILES string of the molecule is COC(=O)/C(Cl)=C(\COC(=O)c1ccccc1Br)Nc1ccccc1. The Balaban J connectivity index is 2.18. The Hall–Kier alpha value is -2.31. The van der Waals surface area contributed by atoms with Gasteiger partial charge in [0.05, 0.1) is 18.4 Å². The molecule has 2 rings (SSSR count). The van der Waals surface area contributed by atoms with Gasteiger partial charge < -0.3 is 14.8 Å². The van der Waals surface area contributed by atoms with E-state index in [1.54, 1.807) is 36.4 Å². The summed E-state index contributed by atoms with van der Waals surface area (Å²) in [6, 6.07) is 15.9. The topological polar surface area (TPSA) is 64.6 Å². The molecule has 0 saturated carbocycles. The minimum atomic E-state index is -0.725. The maximum absolute atomic E-state index is 12.2. The lowest BCUT2D eigenvalue weighted by atomic mass is 10.2. The summed E-state index contributed by atoms with van der Waals surface area (Å²) in [4.78, 5) is 23.9. The molecule has 0 fully saturated rings. The molecule has 0 radical (unpaired) electrons. The Morgan fingerprint density at radius 2 is 1.72 bits per heavy atom. The first-order valence-electron chi connectivity index (χ1n) is 7.23. The molecular weight excluding hydrogens is 410 g/mol. The fourth-order valence-corrected chi connectivity index (χ4v) is 2.53.